The van der Waals surface area contributed by atoms with Crippen molar-refractivity contribution < 1.29 is 10.2 Å². The standard InChI is InChI=1S/C11H18N2O2S/c1-2-10(12)11-4-3-9(5-13-11)16-7-8(15)6-14/h3-5,8,10,14-15H,2,6-7,12H2,1H3. The molecule has 0 aliphatic heterocycles. The Morgan fingerprint density at radius 1 is 1.50 bits per heavy atom. The van der Waals surface area contributed by atoms with Crippen LogP contribution in [0.5, 0.6) is 0 Å². The maximum atomic E-state index is 9.19. The molecule has 4 nitrogen and oxygen atoms in total. The van der Waals surface area contributed by atoms with Crippen LogP contribution in [0.2, 0.25) is 0 Å². The van der Waals surface area contributed by atoms with Crippen molar-refractivity contribution in [3.8, 4) is 0 Å². The van der Waals surface area contributed by atoms with Crippen molar-refractivity contribution in [3.63, 3.8) is 0 Å². The van der Waals surface area contributed by atoms with Gasteiger partial charge in [0.25, 0.3) is 0 Å². The Morgan fingerprint density at radius 2 is 2.25 bits per heavy atom. The van der Waals surface area contributed by atoms with Gasteiger partial charge in [-0.15, -0.1) is 11.8 Å². The van der Waals surface area contributed by atoms with Crippen LogP contribution in [-0.2, 0) is 0 Å². The first-order chi connectivity index (χ1) is 7.67. The van der Waals surface area contributed by atoms with E-state index in [1.807, 2.05) is 19.1 Å². The minimum absolute atomic E-state index is 0.0120. The maximum Gasteiger partial charge on any atom is 0.0864 e. The number of nitrogens with two attached hydrogens (primary N) is 1. The van der Waals surface area contributed by atoms with Crippen molar-refractivity contribution in [2.75, 3.05) is 12.4 Å². The van der Waals surface area contributed by atoms with Crippen molar-refractivity contribution in [2.24, 2.45) is 5.73 Å². The molecule has 5 heteroatoms. The Morgan fingerprint density at radius 3 is 2.75 bits per heavy atom. The number of hydrogen-bond acceptors (Lipinski definition) is 5. The van der Waals surface area contributed by atoms with Gasteiger partial charge in [0.2, 0.25) is 0 Å². The molecule has 0 saturated carbocycles. The van der Waals surface area contributed by atoms with Gasteiger partial charge in [0, 0.05) is 22.9 Å². The fraction of sp³-hybridized carbons (Fsp3) is 0.545. The Bertz CT molecular complexity index is 305. The minimum atomic E-state index is -0.678. The van der Waals surface area contributed by atoms with Gasteiger partial charge in [-0.1, -0.05) is 6.92 Å². The molecule has 0 radical (unpaired) electrons. The summed E-state index contributed by atoms with van der Waals surface area (Å²) in [5.74, 6) is 0.470. The van der Waals surface area contributed by atoms with Gasteiger partial charge in [0.05, 0.1) is 18.4 Å². The van der Waals surface area contributed by atoms with Crippen molar-refractivity contribution in [3.05, 3.63) is 24.0 Å². The summed E-state index contributed by atoms with van der Waals surface area (Å²) in [6, 6.07) is 3.83. The number of rotatable bonds is 6. The van der Waals surface area contributed by atoms with Crippen LogP contribution in [-0.4, -0.2) is 33.7 Å². The first-order valence-corrected chi connectivity index (χ1v) is 6.29. The second-order valence-corrected chi connectivity index (χ2v) is 4.67. The molecule has 0 aliphatic carbocycles. The molecule has 16 heavy (non-hydrogen) atoms. The van der Waals surface area contributed by atoms with E-state index in [0.29, 0.717) is 5.75 Å². The third kappa shape index (κ3) is 4.09. The van der Waals surface area contributed by atoms with Gasteiger partial charge in [-0.05, 0) is 18.6 Å². The van der Waals surface area contributed by atoms with Gasteiger partial charge >= 0.3 is 0 Å². The predicted octanol–water partition coefficient (Wildman–Crippen LogP) is 0.937. The number of thioether (sulfide) groups is 1. The zero-order chi connectivity index (χ0) is 12.0. The van der Waals surface area contributed by atoms with E-state index in [-0.39, 0.29) is 12.6 Å². The number of pyridine rings is 1. The molecule has 4 N–H and O–H groups in total. The number of aliphatic hydroxyl groups is 2. The van der Waals surface area contributed by atoms with Crippen molar-refractivity contribution >= 4 is 11.8 Å². The normalized spacial score (nSPS) is 14.8. The molecule has 0 fully saturated rings. The van der Waals surface area contributed by atoms with Gasteiger partial charge in [0.15, 0.2) is 0 Å². The van der Waals surface area contributed by atoms with Gasteiger partial charge in [-0.2, -0.15) is 0 Å². The molecule has 1 aromatic heterocycles. The highest BCUT2D eigenvalue weighted by Crippen LogP contribution is 2.19. The van der Waals surface area contributed by atoms with Crippen LogP contribution in [0.15, 0.2) is 23.2 Å². The molecule has 1 heterocycles. The fourth-order valence-electron chi connectivity index (χ4n) is 1.15. The number of aliphatic hydroxyl groups excluding tert-OH is 2. The SMILES string of the molecule is CCC(N)c1ccc(SCC(O)CO)cn1. The minimum Gasteiger partial charge on any atom is -0.394 e. The molecule has 0 aromatic carbocycles. The summed E-state index contributed by atoms with van der Waals surface area (Å²) in [5, 5.41) is 17.9. The lowest BCUT2D eigenvalue weighted by Gasteiger charge is -2.09. The number of aromatic nitrogens is 1. The van der Waals surface area contributed by atoms with Gasteiger partial charge in [-0.25, -0.2) is 0 Å². The summed E-state index contributed by atoms with van der Waals surface area (Å²) in [6.07, 6.45) is 1.94. The average molecular weight is 242 g/mol. The van der Waals surface area contributed by atoms with E-state index < -0.39 is 6.10 Å². The summed E-state index contributed by atoms with van der Waals surface area (Å²) in [4.78, 5) is 5.24. The fourth-order valence-corrected chi connectivity index (χ4v) is 1.93. The summed E-state index contributed by atoms with van der Waals surface area (Å²) in [5.41, 5.74) is 6.73. The third-order valence-corrected chi connectivity index (χ3v) is 3.36. The van der Waals surface area contributed by atoms with Crippen LogP contribution in [0.1, 0.15) is 25.1 Å². The monoisotopic (exact) mass is 242 g/mol. The van der Waals surface area contributed by atoms with E-state index in [9.17, 15) is 5.11 Å². The zero-order valence-electron chi connectivity index (χ0n) is 9.34. The van der Waals surface area contributed by atoms with E-state index in [1.54, 1.807) is 6.20 Å². The van der Waals surface area contributed by atoms with Crippen LogP contribution >= 0.6 is 11.8 Å². The predicted molar refractivity (Wildman–Crippen MR) is 65.3 cm³/mol. The molecular formula is C11H18N2O2S. The number of hydrogen-bond donors (Lipinski definition) is 3. The molecule has 0 spiro atoms. The van der Waals surface area contributed by atoms with Crippen LogP contribution in [0.3, 0.4) is 0 Å². The summed E-state index contributed by atoms with van der Waals surface area (Å²) in [6.45, 7) is 1.81. The smallest absolute Gasteiger partial charge is 0.0864 e. The lowest BCUT2D eigenvalue weighted by atomic mass is 10.1. The molecule has 0 aliphatic rings. The van der Waals surface area contributed by atoms with Crippen LogP contribution in [0.4, 0.5) is 0 Å². The van der Waals surface area contributed by atoms with Gasteiger partial charge < -0.3 is 15.9 Å². The van der Waals surface area contributed by atoms with Crippen molar-refractivity contribution in [1.29, 1.82) is 0 Å². The van der Waals surface area contributed by atoms with Gasteiger partial charge in [0.1, 0.15) is 0 Å². The second-order valence-electron chi connectivity index (χ2n) is 3.58. The lowest BCUT2D eigenvalue weighted by Crippen LogP contribution is -2.14. The zero-order valence-corrected chi connectivity index (χ0v) is 10.2. The van der Waals surface area contributed by atoms with Crippen LogP contribution in [0, 0.1) is 0 Å². The van der Waals surface area contributed by atoms with Gasteiger partial charge in [-0.3, -0.25) is 4.98 Å². The first kappa shape index (κ1) is 13.4. The van der Waals surface area contributed by atoms with E-state index in [4.69, 9.17) is 10.8 Å². The summed E-state index contributed by atoms with van der Waals surface area (Å²) >= 11 is 1.47. The molecule has 2 unspecified atom stereocenters. The summed E-state index contributed by atoms with van der Waals surface area (Å²) in [7, 11) is 0. The molecular weight excluding hydrogens is 224 g/mol. The Balaban J connectivity index is 2.51. The second kappa shape index (κ2) is 6.85. The van der Waals surface area contributed by atoms with Crippen LogP contribution in [0.25, 0.3) is 0 Å². The number of nitrogens with zero attached hydrogens (tertiary/aromatic N) is 1. The highest BCUT2D eigenvalue weighted by molar-refractivity contribution is 7.99. The molecule has 1 rings (SSSR count). The van der Waals surface area contributed by atoms with Crippen LogP contribution < -0.4 is 5.73 Å². The molecule has 0 bridgehead atoms. The lowest BCUT2D eigenvalue weighted by molar-refractivity contribution is 0.113. The highest BCUT2D eigenvalue weighted by Gasteiger charge is 2.06. The summed E-state index contributed by atoms with van der Waals surface area (Å²) < 4.78 is 0. The van der Waals surface area contributed by atoms with E-state index in [0.717, 1.165) is 17.0 Å². The molecule has 1 aromatic rings. The van der Waals surface area contributed by atoms with E-state index in [2.05, 4.69) is 4.98 Å². The molecule has 90 valence electrons. The Kier molecular flexibility index (Phi) is 5.76. The topological polar surface area (TPSA) is 79.4 Å². The molecule has 0 amide bonds. The van der Waals surface area contributed by atoms with E-state index in [1.165, 1.54) is 11.8 Å². The Labute approximate surface area is 99.9 Å². The molecule has 0 saturated heterocycles. The molecule has 2 atom stereocenters. The largest absolute Gasteiger partial charge is 0.394 e. The highest BCUT2D eigenvalue weighted by atomic mass is 32.2. The van der Waals surface area contributed by atoms with Crippen molar-refractivity contribution in [1.82, 2.24) is 4.98 Å². The third-order valence-electron chi connectivity index (χ3n) is 2.23. The average Bonchev–Trinajstić information content (AvgIpc) is 2.35. The maximum absolute atomic E-state index is 9.19. The van der Waals surface area contributed by atoms with Crippen molar-refractivity contribution in [2.45, 2.75) is 30.4 Å². The Hall–Kier alpha value is -0.620. The van der Waals surface area contributed by atoms with E-state index >= 15 is 0 Å². The first-order valence-electron chi connectivity index (χ1n) is 5.30. The quantitative estimate of drug-likeness (QED) is 0.647.